The number of hydrogen-bond donors (Lipinski definition) is 1. The number of benzene rings is 1. The van der Waals surface area contributed by atoms with Crippen molar-refractivity contribution in [1.29, 1.82) is 0 Å². The summed E-state index contributed by atoms with van der Waals surface area (Å²) in [6.45, 7) is 8.66. The van der Waals surface area contributed by atoms with Gasteiger partial charge in [0.1, 0.15) is 0 Å². The van der Waals surface area contributed by atoms with Crippen LogP contribution in [0.4, 0.5) is 10.5 Å². The Hall–Kier alpha value is -2.34. The number of amides is 2. The van der Waals surface area contributed by atoms with Gasteiger partial charge >= 0.3 is 6.03 Å². The molecule has 0 aliphatic carbocycles. The fourth-order valence-electron chi connectivity index (χ4n) is 3.21. The third-order valence-corrected chi connectivity index (χ3v) is 4.57. The molecule has 1 N–H and O–H groups in total. The zero-order valence-electron chi connectivity index (χ0n) is 15.2. The van der Waals surface area contributed by atoms with E-state index in [-0.39, 0.29) is 12.1 Å². The molecule has 134 valence electrons. The smallest absolute Gasteiger partial charge is 0.322 e. The molecule has 1 aromatic heterocycles. The van der Waals surface area contributed by atoms with Gasteiger partial charge in [-0.3, -0.25) is 4.68 Å². The molecule has 0 saturated carbocycles. The maximum atomic E-state index is 12.6. The second-order valence-corrected chi connectivity index (χ2v) is 6.55. The average molecular weight is 342 g/mol. The second kappa shape index (κ2) is 7.70. The van der Waals surface area contributed by atoms with Crippen LogP contribution < -0.4 is 5.32 Å². The molecule has 1 aliphatic rings. The van der Waals surface area contributed by atoms with Crippen molar-refractivity contribution in [3.8, 4) is 0 Å². The molecule has 1 fully saturated rings. The number of nitrogens with zero attached hydrogens (tertiary/aromatic N) is 3. The Morgan fingerprint density at radius 1 is 1.36 bits per heavy atom. The van der Waals surface area contributed by atoms with Gasteiger partial charge in [-0.25, -0.2) is 4.79 Å². The molecule has 1 saturated heterocycles. The molecular weight excluding hydrogens is 316 g/mol. The lowest BCUT2D eigenvalue weighted by Crippen LogP contribution is -2.50. The minimum absolute atomic E-state index is 0.0570. The largest absolute Gasteiger partial charge is 0.377 e. The first kappa shape index (κ1) is 17.5. The Balaban J connectivity index is 1.69. The summed E-state index contributed by atoms with van der Waals surface area (Å²) in [4.78, 5) is 14.5. The van der Waals surface area contributed by atoms with Crippen LogP contribution in [0, 0.1) is 13.8 Å². The predicted molar refractivity (Wildman–Crippen MR) is 97.9 cm³/mol. The number of urea groups is 1. The summed E-state index contributed by atoms with van der Waals surface area (Å²) in [5, 5.41) is 7.52. The van der Waals surface area contributed by atoms with Gasteiger partial charge in [-0.2, -0.15) is 5.10 Å². The molecule has 6 nitrogen and oxygen atoms in total. The van der Waals surface area contributed by atoms with E-state index in [2.05, 4.69) is 36.4 Å². The highest BCUT2D eigenvalue weighted by atomic mass is 16.5. The van der Waals surface area contributed by atoms with Crippen LogP contribution in [-0.4, -0.2) is 46.5 Å². The number of hydrogen-bond acceptors (Lipinski definition) is 3. The van der Waals surface area contributed by atoms with Gasteiger partial charge in [-0.15, -0.1) is 0 Å². The number of ether oxygens (including phenoxy) is 1. The van der Waals surface area contributed by atoms with E-state index in [0.29, 0.717) is 26.3 Å². The molecule has 3 rings (SSSR count). The van der Waals surface area contributed by atoms with Gasteiger partial charge in [-0.05, 0) is 44.0 Å². The van der Waals surface area contributed by atoms with Crippen LogP contribution >= 0.6 is 0 Å². The van der Waals surface area contributed by atoms with Crippen molar-refractivity contribution < 1.29 is 9.53 Å². The lowest BCUT2D eigenvalue weighted by molar-refractivity contribution is 0.0144. The molecule has 2 amide bonds. The summed E-state index contributed by atoms with van der Waals surface area (Å²) in [6, 6.07) is 10.1. The molecule has 6 heteroatoms. The summed E-state index contributed by atoms with van der Waals surface area (Å²) >= 11 is 0. The first-order chi connectivity index (χ1) is 12.1. The topological polar surface area (TPSA) is 59.4 Å². The minimum Gasteiger partial charge on any atom is -0.377 e. The molecule has 0 radical (unpaired) electrons. The number of carbonyl (C=O) groups excluding carboxylic acids is 1. The Morgan fingerprint density at radius 3 is 2.92 bits per heavy atom. The Labute approximate surface area is 148 Å². The molecule has 0 bridgehead atoms. The van der Waals surface area contributed by atoms with Crippen LogP contribution in [0.2, 0.25) is 0 Å². The number of morpholine rings is 1. The summed E-state index contributed by atoms with van der Waals surface area (Å²) in [5.41, 5.74) is 4.06. The van der Waals surface area contributed by atoms with E-state index in [4.69, 9.17) is 4.74 Å². The van der Waals surface area contributed by atoms with Crippen molar-refractivity contribution in [2.75, 3.05) is 25.1 Å². The standard InChI is InChI=1S/C19H26N4O2/c1-4-18-13-25-9-8-22(18)19(24)20-17-7-5-6-16(11-17)12-23-15(3)10-14(2)21-23/h5-7,10-11,18H,4,8-9,12-13H2,1-3H3,(H,20,24)/t18-/m0/s1. The molecule has 2 heterocycles. The van der Waals surface area contributed by atoms with Gasteiger partial charge in [0, 0.05) is 17.9 Å². The molecule has 1 atom stereocenters. The van der Waals surface area contributed by atoms with Crippen LogP contribution in [0.5, 0.6) is 0 Å². The van der Waals surface area contributed by atoms with Crippen molar-refractivity contribution in [2.45, 2.75) is 39.8 Å². The minimum atomic E-state index is -0.0570. The number of rotatable bonds is 4. The van der Waals surface area contributed by atoms with E-state index >= 15 is 0 Å². The van der Waals surface area contributed by atoms with Gasteiger partial charge in [-0.1, -0.05) is 19.1 Å². The van der Waals surface area contributed by atoms with E-state index in [1.54, 1.807) is 0 Å². The Bertz CT molecular complexity index is 741. The van der Waals surface area contributed by atoms with Crippen LogP contribution in [0.25, 0.3) is 0 Å². The van der Waals surface area contributed by atoms with Crippen molar-refractivity contribution in [1.82, 2.24) is 14.7 Å². The lowest BCUT2D eigenvalue weighted by atomic mass is 10.2. The molecule has 2 aromatic rings. The van der Waals surface area contributed by atoms with Gasteiger partial charge < -0.3 is 15.0 Å². The van der Waals surface area contributed by atoms with Crippen LogP contribution in [0.15, 0.2) is 30.3 Å². The van der Waals surface area contributed by atoms with E-state index in [0.717, 1.165) is 29.1 Å². The normalized spacial score (nSPS) is 17.6. The third kappa shape index (κ3) is 4.20. The second-order valence-electron chi connectivity index (χ2n) is 6.55. The molecule has 1 aliphatic heterocycles. The summed E-state index contributed by atoms with van der Waals surface area (Å²) in [7, 11) is 0. The van der Waals surface area contributed by atoms with Crippen molar-refractivity contribution in [3.05, 3.63) is 47.3 Å². The summed E-state index contributed by atoms with van der Waals surface area (Å²) < 4.78 is 7.45. The first-order valence-corrected chi connectivity index (χ1v) is 8.82. The number of carbonyl (C=O) groups is 1. The first-order valence-electron chi connectivity index (χ1n) is 8.82. The van der Waals surface area contributed by atoms with E-state index in [9.17, 15) is 4.79 Å². The zero-order valence-corrected chi connectivity index (χ0v) is 15.2. The van der Waals surface area contributed by atoms with Crippen LogP contribution in [-0.2, 0) is 11.3 Å². The lowest BCUT2D eigenvalue weighted by Gasteiger charge is -2.35. The quantitative estimate of drug-likeness (QED) is 0.928. The maximum Gasteiger partial charge on any atom is 0.322 e. The van der Waals surface area contributed by atoms with E-state index in [1.165, 1.54) is 0 Å². The zero-order chi connectivity index (χ0) is 17.8. The highest BCUT2D eigenvalue weighted by Crippen LogP contribution is 2.16. The number of aromatic nitrogens is 2. The van der Waals surface area contributed by atoms with Gasteiger partial charge in [0.25, 0.3) is 0 Å². The maximum absolute atomic E-state index is 12.6. The van der Waals surface area contributed by atoms with Crippen LogP contribution in [0.3, 0.4) is 0 Å². The predicted octanol–water partition coefficient (Wildman–Crippen LogP) is 3.19. The summed E-state index contributed by atoms with van der Waals surface area (Å²) in [6.07, 6.45) is 0.894. The van der Waals surface area contributed by atoms with Crippen molar-refractivity contribution in [2.24, 2.45) is 0 Å². The number of nitrogens with one attached hydrogen (secondary N) is 1. The third-order valence-electron chi connectivity index (χ3n) is 4.57. The Kier molecular flexibility index (Phi) is 5.38. The molecule has 25 heavy (non-hydrogen) atoms. The fraction of sp³-hybridized carbons (Fsp3) is 0.474. The van der Waals surface area contributed by atoms with Crippen LogP contribution in [0.1, 0.15) is 30.3 Å². The highest BCUT2D eigenvalue weighted by Gasteiger charge is 2.25. The van der Waals surface area contributed by atoms with E-state index in [1.807, 2.05) is 34.7 Å². The summed E-state index contributed by atoms with van der Waals surface area (Å²) in [5.74, 6) is 0. The van der Waals surface area contributed by atoms with Gasteiger partial charge in [0.05, 0.1) is 31.5 Å². The molecule has 1 aromatic carbocycles. The number of anilines is 1. The van der Waals surface area contributed by atoms with E-state index < -0.39 is 0 Å². The SMILES string of the molecule is CC[C@H]1COCCN1C(=O)Nc1cccc(Cn2nc(C)cc2C)c1. The fourth-order valence-corrected chi connectivity index (χ4v) is 3.21. The van der Waals surface area contributed by atoms with Crippen molar-refractivity contribution in [3.63, 3.8) is 0 Å². The monoisotopic (exact) mass is 342 g/mol. The van der Waals surface area contributed by atoms with Crippen molar-refractivity contribution >= 4 is 11.7 Å². The highest BCUT2D eigenvalue weighted by molar-refractivity contribution is 5.89. The average Bonchev–Trinajstić information content (AvgIpc) is 2.92. The molecule has 0 spiro atoms. The number of aryl methyl sites for hydroxylation is 2. The molecular formula is C19H26N4O2. The van der Waals surface area contributed by atoms with Gasteiger partial charge in [0.2, 0.25) is 0 Å². The van der Waals surface area contributed by atoms with Gasteiger partial charge in [0.15, 0.2) is 0 Å². The molecule has 0 unspecified atom stereocenters. The Morgan fingerprint density at radius 2 is 2.20 bits per heavy atom.